The number of carbonyl (C=O) groups is 1. The molecule has 0 aromatic heterocycles. The van der Waals surface area contributed by atoms with Gasteiger partial charge in [-0.05, 0) is 53.6 Å². The molecule has 0 radical (unpaired) electrons. The van der Waals surface area contributed by atoms with Crippen LogP contribution in [0.4, 0.5) is 5.69 Å². The predicted octanol–water partition coefficient (Wildman–Crippen LogP) is 1.87. The molecule has 3 rings (SSSR count). The summed E-state index contributed by atoms with van der Waals surface area (Å²) >= 11 is 2.20. The highest BCUT2D eigenvalue weighted by Crippen LogP contribution is 2.40. The molecule has 2 heterocycles. The van der Waals surface area contributed by atoms with Gasteiger partial charge >= 0.3 is 0 Å². The molecule has 2 aliphatic heterocycles. The number of anilines is 1. The van der Waals surface area contributed by atoms with Crippen molar-refractivity contribution in [3.63, 3.8) is 0 Å². The Morgan fingerprint density at radius 3 is 2.72 bits per heavy atom. The van der Waals surface area contributed by atoms with E-state index in [9.17, 15) is 9.90 Å². The molecular formula is C13H15IN2O2. The Balaban J connectivity index is 2.05. The fraction of sp³-hybridized carbons (Fsp3) is 0.462. The molecule has 5 heteroatoms. The Kier molecular flexibility index (Phi) is 3.07. The normalized spacial score (nSPS) is 28.0. The van der Waals surface area contributed by atoms with Gasteiger partial charge in [-0.15, -0.1) is 0 Å². The summed E-state index contributed by atoms with van der Waals surface area (Å²) in [6.45, 7) is 1.55. The highest BCUT2D eigenvalue weighted by molar-refractivity contribution is 14.1. The lowest BCUT2D eigenvalue weighted by atomic mass is 9.99. The fourth-order valence-electron chi connectivity index (χ4n) is 2.78. The summed E-state index contributed by atoms with van der Waals surface area (Å²) in [5.74, 6) is -0.318. The van der Waals surface area contributed by atoms with Crippen molar-refractivity contribution in [3.05, 3.63) is 27.3 Å². The van der Waals surface area contributed by atoms with Crippen LogP contribution in [0.1, 0.15) is 24.8 Å². The van der Waals surface area contributed by atoms with Crippen molar-refractivity contribution in [1.29, 1.82) is 0 Å². The van der Waals surface area contributed by atoms with Gasteiger partial charge in [0.15, 0.2) is 0 Å². The van der Waals surface area contributed by atoms with E-state index in [0.717, 1.165) is 35.2 Å². The Hall–Kier alpha value is -0.660. The Bertz CT molecular complexity index is 500. The van der Waals surface area contributed by atoms with Gasteiger partial charge in [-0.1, -0.05) is 6.42 Å². The van der Waals surface area contributed by atoms with E-state index in [4.69, 9.17) is 0 Å². The fourth-order valence-corrected chi connectivity index (χ4v) is 3.27. The zero-order chi connectivity index (χ0) is 12.8. The first-order valence-electron chi connectivity index (χ1n) is 6.21. The molecule has 4 nitrogen and oxygen atoms in total. The van der Waals surface area contributed by atoms with Crippen LogP contribution in [-0.4, -0.2) is 29.0 Å². The number of fused-ring (bicyclic) bond motifs is 1. The molecule has 0 bridgehead atoms. The van der Waals surface area contributed by atoms with Crippen molar-refractivity contribution < 1.29 is 9.90 Å². The van der Waals surface area contributed by atoms with Crippen molar-refractivity contribution in [2.45, 2.75) is 25.0 Å². The van der Waals surface area contributed by atoms with Crippen LogP contribution in [-0.2, 0) is 10.5 Å². The number of halogens is 1. The quantitative estimate of drug-likeness (QED) is 0.754. The molecule has 1 saturated heterocycles. The number of piperidine rings is 1. The number of benzene rings is 1. The average Bonchev–Trinajstić information content (AvgIpc) is 2.64. The van der Waals surface area contributed by atoms with Crippen LogP contribution in [0.5, 0.6) is 0 Å². The molecule has 1 atom stereocenters. The van der Waals surface area contributed by atoms with E-state index >= 15 is 0 Å². The third kappa shape index (κ3) is 1.76. The number of carbonyl (C=O) groups excluding carboxylic acids is 1. The second kappa shape index (κ2) is 4.47. The lowest BCUT2D eigenvalue weighted by Gasteiger charge is -2.37. The minimum atomic E-state index is -1.48. The molecule has 1 aromatic rings. The van der Waals surface area contributed by atoms with Gasteiger partial charge in [0.1, 0.15) is 0 Å². The monoisotopic (exact) mass is 358 g/mol. The number of aliphatic hydroxyl groups is 1. The van der Waals surface area contributed by atoms with E-state index in [2.05, 4.69) is 27.9 Å². The summed E-state index contributed by atoms with van der Waals surface area (Å²) in [5, 5.41) is 13.7. The largest absolute Gasteiger partial charge is 0.364 e. The lowest BCUT2D eigenvalue weighted by Crippen LogP contribution is -2.52. The minimum absolute atomic E-state index is 0.318. The number of hydrogen-bond donors (Lipinski definition) is 2. The van der Waals surface area contributed by atoms with E-state index < -0.39 is 5.72 Å². The summed E-state index contributed by atoms with van der Waals surface area (Å²) in [4.78, 5) is 14.1. The van der Waals surface area contributed by atoms with Gasteiger partial charge in [0.25, 0.3) is 5.91 Å². The molecule has 1 fully saturated rings. The van der Waals surface area contributed by atoms with Gasteiger partial charge in [0, 0.05) is 27.9 Å². The topological polar surface area (TPSA) is 52.6 Å². The zero-order valence-corrected chi connectivity index (χ0v) is 12.1. The van der Waals surface area contributed by atoms with Crippen LogP contribution in [0.15, 0.2) is 18.2 Å². The first-order valence-corrected chi connectivity index (χ1v) is 7.29. The van der Waals surface area contributed by atoms with Crippen LogP contribution in [0.25, 0.3) is 0 Å². The standard InChI is InChI=1S/C13H15IN2O2/c14-9-4-5-11-10(8-9)13(18,12(17)15-11)16-6-2-1-3-7-16/h4-5,8,18H,1-3,6-7H2,(H,15,17). The van der Waals surface area contributed by atoms with Crippen LogP contribution < -0.4 is 5.32 Å². The number of likely N-dealkylation sites (tertiary alicyclic amines) is 1. The molecule has 96 valence electrons. The van der Waals surface area contributed by atoms with Crippen molar-refractivity contribution >= 4 is 34.2 Å². The highest BCUT2D eigenvalue weighted by atomic mass is 127. The van der Waals surface area contributed by atoms with E-state index in [-0.39, 0.29) is 5.91 Å². The molecule has 2 aliphatic rings. The Labute approximate surface area is 120 Å². The van der Waals surface area contributed by atoms with E-state index in [0.29, 0.717) is 5.56 Å². The number of rotatable bonds is 1. The number of hydrogen-bond acceptors (Lipinski definition) is 3. The smallest absolute Gasteiger partial charge is 0.276 e. The van der Waals surface area contributed by atoms with Crippen molar-refractivity contribution in [1.82, 2.24) is 4.90 Å². The van der Waals surface area contributed by atoms with Crippen molar-refractivity contribution in [2.75, 3.05) is 18.4 Å². The summed E-state index contributed by atoms with van der Waals surface area (Å²) < 4.78 is 1.03. The maximum Gasteiger partial charge on any atom is 0.276 e. The first-order chi connectivity index (χ1) is 8.62. The zero-order valence-electron chi connectivity index (χ0n) is 9.95. The van der Waals surface area contributed by atoms with Crippen LogP contribution in [0.2, 0.25) is 0 Å². The lowest BCUT2D eigenvalue weighted by molar-refractivity contribution is -0.161. The first kappa shape index (κ1) is 12.4. The van der Waals surface area contributed by atoms with Gasteiger partial charge < -0.3 is 10.4 Å². The van der Waals surface area contributed by atoms with Gasteiger partial charge in [-0.25, -0.2) is 0 Å². The molecule has 18 heavy (non-hydrogen) atoms. The second-order valence-corrected chi connectivity index (χ2v) is 6.11. The predicted molar refractivity (Wildman–Crippen MR) is 77.1 cm³/mol. The summed E-state index contributed by atoms with van der Waals surface area (Å²) in [5.41, 5.74) is -0.0495. The summed E-state index contributed by atoms with van der Waals surface area (Å²) in [6, 6.07) is 5.68. The maximum absolute atomic E-state index is 12.2. The summed E-state index contributed by atoms with van der Waals surface area (Å²) in [7, 11) is 0. The molecule has 2 N–H and O–H groups in total. The third-order valence-electron chi connectivity index (χ3n) is 3.74. The maximum atomic E-state index is 12.2. The van der Waals surface area contributed by atoms with Crippen molar-refractivity contribution in [2.24, 2.45) is 0 Å². The number of nitrogens with zero attached hydrogens (tertiary/aromatic N) is 1. The molecule has 1 unspecified atom stereocenters. The van der Waals surface area contributed by atoms with E-state index in [1.165, 1.54) is 6.42 Å². The Morgan fingerprint density at radius 1 is 1.28 bits per heavy atom. The number of nitrogens with one attached hydrogen (secondary N) is 1. The average molecular weight is 358 g/mol. The third-order valence-corrected chi connectivity index (χ3v) is 4.41. The van der Waals surface area contributed by atoms with E-state index in [1.807, 2.05) is 23.1 Å². The van der Waals surface area contributed by atoms with Gasteiger partial charge in [-0.3, -0.25) is 9.69 Å². The number of amides is 1. The molecular weight excluding hydrogens is 343 g/mol. The molecule has 0 aliphatic carbocycles. The van der Waals surface area contributed by atoms with E-state index in [1.54, 1.807) is 0 Å². The molecule has 1 amide bonds. The summed E-state index contributed by atoms with van der Waals surface area (Å²) in [6.07, 6.45) is 3.25. The van der Waals surface area contributed by atoms with Crippen LogP contribution in [0, 0.1) is 3.57 Å². The van der Waals surface area contributed by atoms with Crippen LogP contribution >= 0.6 is 22.6 Å². The van der Waals surface area contributed by atoms with Gasteiger partial charge in [0.05, 0.1) is 0 Å². The Morgan fingerprint density at radius 2 is 2.00 bits per heavy atom. The molecule has 1 aromatic carbocycles. The SMILES string of the molecule is O=C1Nc2ccc(I)cc2C1(O)N1CCCCC1. The molecule has 0 spiro atoms. The molecule has 0 saturated carbocycles. The highest BCUT2D eigenvalue weighted by Gasteiger charge is 2.50. The second-order valence-electron chi connectivity index (χ2n) is 4.86. The van der Waals surface area contributed by atoms with Crippen LogP contribution in [0.3, 0.4) is 0 Å². The van der Waals surface area contributed by atoms with Gasteiger partial charge in [0.2, 0.25) is 5.72 Å². The van der Waals surface area contributed by atoms with Crippen molar-refractivity contribution in [3.8, 4) is 0 Å². The minimum Gasteiger partial charge on any atom is -0.364 e. The van der Waals surface area contributed by atoms with Gasteiger partial charge in [-0.2, -0.15) is 0 Å².